The van der Waals surface area contributed by atoms with Gasteiger partial charge >= 0.3 is 0 Å². The molecule has 2 radical (unpaired) electrons. The maximum Gasteiger partial charge on any atom is 0.192 e. The molecule has 0 amide bonds. The third kappa shape index (κ3) is 2.84. The van der Waals surface area contributed by atoms with Gasteiger partial charge in [-0.1, -0.05) is 27.7 Å². The van der Waals surface area contributed by atoms with Crippen LogP contribution >= 0.6 is 0 Å². The van der Waals surface area contributed by atoms with Gasteiger partial charge in [0.15, 0.2) is 8.32 Å². The summed E-state index contributed by atoms with van der Waals surface area (Å²) in [7, 11) is 3.92. The molecule has 1 fully saturated rings. The predicted molar refractivity (Wildman–Crippen MR) is 77.4 cm³/mol. The molecule has 1 aliphatic heterocycles. The van der Waals surface area contributed by atoms with Gasteiger partial charge in [-0.15, -0.1) is 0 Å². The van der Waals surface area contributed by atoms with E-state index in [0.717, 1.165) is 6.42 Å². The van der Waals surface area contributed by atoms with Crippen molar-refractivity contribution in [1.82, 2.24) is 0 Å². The van der Waals surface area contributed by atoms with Crippen LogP contribution in [0.1, 0.15) is 41.0 Å². The van der Waals surface area contributed by atoms with E-state index in [0.29, 0.717) is 0 Å². The molecule has 0 aromatic carbocycles. The summed E-state index contributed by atoms with van der Waals surface area (Å²) in [6, 6.07) is -0.669. The van der Waals surface area contributed by atoms with Gasteiger partial charge in [0.25, 0.3) is 0 Å². The van der Waals surface area contributed by atoms with E-state index in [1.165, 1.54) is 0 Å². The molecule has 5 heteroatoms. The van der Waals surface area contributed by atoms with Crippen molar-refractivity contribution < 1.29 is 14.3 Å². The van der Waals surface area contributed by atoms with Gasteiger partial charge in [-0.05, 0) is 31.5 Å². The lowest BCUT2D eigenvalue weighted by atomic mass is 9.82. The quantitative estimate of drug-likeness (QED) is 0.800. The van der Waals surface area contributed by atoms with Crippen molar-refractivity contribution in [2.45, 2.75) is 83.0 Å². The van der Waals surface area contributed by atoms with Gasteiger partial charge in [0.1, 0.15) is 19.6 Å². The average Bonchev–Trinajstić information content (AvgIpc) is 2.39. The first-order valence-electron chi connectivity index (χ1n) is 6.74. The molecule has 1 saturated heterocycles. The Kier molecular flexibility index (Phi) is 4.44. The maximum atomic E-state index is 10.5. The topological polar surface area (TPSA) is 38.7 Å². The molecule has 4 atom stereocenters. The van der Waals surface area contributed by atoms with E-state index in [1.54, 1.807) is 6.92 Å². The van der Waals surface area contributed by atoms with Gasteiger partial charge in [0.05, 0.1) is 6.10 Å². The van der Waals surface area contributed by atoms with Gasteiger partial charge in [-0.2, -0.15) is 0 Å². The highest BCUT2D eigenvalue weighted by Gasteiger charge is 2.53. The summed E-state index contributed by atoms with van der Waals surface area (Å²) < 4.78 is 12.0. The number of hydrogen-bond acceptors (Lipinski definition) is 3. The van der Waals surface area contributed by atoms with Crippen LogP contribution in [0.4, 0.5) is 0 Å². The predicted octanol–water partition coefficient (Wildman–Crippen LogP) is 2.43. The van der Waals surface area contributed by atoms with E-state index < -0.39 is 19.9 Å². The van der Waals surface area contributed by atoms with Crippen molar-refractivity contribution in [3.8, 4) is 0 Å². The van der Waals surface area contributed by atoms with Crippen LogP contribution in [0.3, 0.4) is 0 Å². The van der Waals surface area contributed by atoms with E-state index in [-0.39, 0.29) is 17.2 Å². The zero-order valence-electron chi connectivity index (χ0n) is 12.8. The minimum absolute atomic E-state index is 0.105. The number of ether oxygens (including phenoxy) is 1. The fourth-order valence-corrected chi connectivity index (χ4v) is 3.31. The smallest absolute Gasteiger partial charge is 0.192 e. The van der Waals surface area contributed by atoms with Crippen LogP contribution in [0.2, 0.25) is 18.1 Å². The summed E-state index contributed by atoms with van der Waals surface area (Å²) in [6.45, 7) is 14.7. The fraction of sp³-hybridized carbons (Fsp3) is 1.00. The Bertz CT molecular complexity index is 299. The highest BCUT2D eigenvalue weighted by molar-refractivity contribution is 6.74. The Morgan fingerprint density at radius 2 is 1.89 bits per heavy atom. The second-order valence-corrected chi connectivity index (χ2v) is 11.8. The first-order valence-corrected chi connectivity index (χ1v) is 9.65. The van der Waals surface area contributed by atoms with Gasteiger partial charge in [0, 0.05) is 6.00 Å². The maximum absolute atomic E-state index is 10.5. The molecule has 0 aliphatic carbocycles. The van der Waals surface area contributed by atoms with Crippen LogP contribution in [0.5, 0.6) is 0 Å². The highest BCUT2D eigenvalue weighted by Crippen LogP contribution is 2.42. The molecular formula is C13H27BO3Si. The molecule has 1 unspecified atom stereocenters. The molecule has 1 rings (SSSR count). The highest BCUT2D eigenvalue weighted by atomic mass is 28.4. The average molecular weight is 270 g/mol. The van der Waals surface area contributed by atoms with Crippen molar-refractivity contribution in [1.29, 1.82) is 0 Å². The van der Waals surface area contributed by atoms with E-state index >= 15 is 0 Å². The lowest BCUT2D eigenvalue weighted by molar-refractivity contribution is -0.0361. The molecule has 1 heterocycles. The second kappa shape index (κ2) is 4.93. The van der Waals surface area contributed by atoms with Crippen molar-refractivity contribution >= 4 is 16.2 Å². The number of rotatable bonds is 3. The molecular weight excluding hydrogens is 243 g/mol. The molecule has 1 N–H and O–H groups in total. The molecule has 0 aromatic heterocycles. The van der Waals surface area contributed by atoms with Crippen molar-refractivity contribution in [3.05, 3.63) is 0 Å². The summed E-state index contributed by atoms with van der Waals surface area (Å²) in [4.78, 5) is 0. The summed E-state index contributed by atoms with van der Waals surface area (Å²) in [5.41, 5.74) is -1.11. The third-order valence-corrected chi connectivity index (χ3v) is 8.90. The SMILES string of the molecule is [B][C@@H]1O[C@H](CC)[C@H](O[Si](C)(C)C(C)(C)C)C1(C)O. The standard InChI is InChI=1S/C13H27BO3Si/c1-8-9-10(13(5,15)11(14)16-9)17-18(6,7)12(2,3)4/h9-11,15H,8H2,1-7H3/t9-,10+,11-,13?/m1/s1. The fourth-order valence-electron chi connectivity index (χ4n) is 1.94. The molecule has 0 aromatic rings. The second-order valence-electron chi connectivity index (χ2n) is 7.03. The monoisotopic (exact) mass is 270 g/mol. The van der Waals surface area contributed by atoms with Crippen LogP contribution in [0, 0.1) is 0 Å². The van der Waals surface area contributed by atoms with Gasteiger partial charge in [-0.25, -0.2) is 0 Å². The summed E-state index contributed by atoms with van der Waals surface area (Å²) in [5, 5.41) is 10.6. The normalized spacial score (nSPS) is 38.1. The third-order valence-electron chi connectivity index (χ3n) is 4.44. The van der Waals surface area contributed by atoms with Crippen LogP contribution in [-0.4, -0.2) is 45.1 Å². The summed E-state index contributed by atoms with van der Waals surface area (Å²) >= 11 is 0. The first-order chi connectivity index (χ1) is 7.93. The van der Waals surface area contributed by atoms with Crippen LogP contribution in [-0.2, 0) is 9.16 Å². The molecule has 3 nitrogen and oxygen atoms in total. The summed E-state index contributed by atoms with van der Waals surface area (Å²) in [5.74, 6) is 0. The van der Waals surface area contributed by atoms with Gasteiger partial charge in [-0.3, -0.25) is 0 Å². The Balaban J connectivity index is 2.94. The number of hydrogen-bond donors (Lipinski definition) is 1. The largest absolute Gasteiger partial charge is 0.408 e. The van der Waals surface area contributed by atoms with Gasteiger partial charge < -0.3 is 14.3 Å². The first kappa shape index (κ1) is 16.2. The van der Waals surface area contributed by atoms with Crippen molar-refractivity contribution in [3.63, 3.8) is 0 Å². The van der Waals surface area contributed by atoms with E-state index in [1.807, 2.05) is 6.92 Å². The molecule has 18 heavy (non-hydrogen) atoms. The lowest BCUT2D eigenvalue weighted by Crippen LogP contribution is -2.54. The Labute approximate surface area is 114 Å². The van der Waals surface area contributed by atoms with Crippen molar-refractivity contribution in [2.24, 2.45) is 0 Å². The molecule has 0 saturated carbocycles. The van der Waals surface area contributed by atoms with E-state index in [4.69, 9.17) is 17.0 Å². The van der Waals surface area contributed by atoms with Crippen LogP contribution in [0.15, 0.2) is 0 Å². The molecule has 104 valence electrons. The van der Waals surface area contributed by atoms with Gasteiger partial charge in [0.2, 0.25) is 0 Å². The van der Waals surface area contributed by atoms with E-state index in [2.05, 4.69) is 33.9 Å². The Morgan fingerprint density at radius 1 is 1.39 bits per heavy atom. The van der Waals surface area contributed by atoms with Crippen LogP contribution in [0.25, 0.3) is 0 Å². The Morgan fingerprint density at radius 3 is 2.28 bits per heavy atom. The molecule has 0 spiro atoms. The zero-order chi connectivity index (χ0) is 14.4. The number of aliphatic hydroxyl groups is 1. The minimum atomic E-state index is -1.94. The van der Waals surface area contributed by atoms with Crippen LogP contribution < -0.4 is 0 Å². The Hall–Kier alpha value is 0.162. The molecule has 1 aliphatic rings. The zero-order valence-corrected chi connectivity index (χ0v) is 13.8. The lowest BCUT2D eigenvalue weighted by Gasteiger charge is -2.42. The summed E-state index contributed by atoms with van der Waals surface area (Å²) in [6.07, 6.45) is 0.339. The molecule has 0 bridgehead atoms. The van der Waals surface area contributed by atoms with Crippen molar-refractivity contribution in [2.75, 3.05) is 0 Å². The minimum Gasteiger partial charge on any atom is -0.408 e. The van der Waals surface area contributed by atoms with E-state index in [9.17, 15) is 5.11 Å².